The molecule has 2 nitrogen and oxygen atoms in total. The van der Waals surface area contributed by atoms with Crippen LogP contribution < -0.4 is 5.32 Å². The highest BCUT2D eigenvalue weighted by Gasteiger charge is 2.07. The smallest absolute Gasteiger partial charge is 0.0484 e. The van der Waals surface area contributed by atoms with Crippen molar-refractivity contribution in [1.82, 2.24) is 10.2 Å². The van der Waals surface area contributed by atoms with Crippen molar-refractivity contribution in [2.24, 2.45) is 0 Å². The molecule has 0 aromatic rings. The average Bonchev–Trinajstić information content (AvgIpc) is 2.19. The lowest BCUT2D eigenvalue weighted by Gasteiger charge is -2.09. The fourth-order valence-corrected chi connectivity index (χ4v) is 0.938. The molecule has 0 aromatic heterocycles. The van der Waals surface area contributed by atoms with Gasteiger partial charge < -0.3 is 5.32 Å². The molecule has 1 aliphatic heterocycles. The van der Waals surface area contributed by atoms with Crippen LogP contribution in [0.25, 0.3) is 0 Å². The van der Waals surface area contributed by atoms with Crippen LogP contribution in [-0.2, 0) is 0 Å². The van der Waals surface area contributed by atoms with Crippen LogP contribution in [0.4, 0.5) is 0 Å². The van der Waals surface area contributed by atoms with Gasteiger partial charge in [0.2, 0.25) is 0 Å². The van der Waals surface area contributed by atoms with Gasteiger partial charge in [-0.3, -0.25) is 4.90 Å². The van der Waals surface area contributed by atoms with Gasteiger partial charge in [0.1, 0.15) is 0 Å². The monoisotopic (exact) mass is 113 g/mol. The maximum absolute atomic E-state index is 3.25. The highest BCUT2D eigenvalue weighted by Crippen LogP contribution is 1.97. The molecule has 47 valence electrons. The number of nitrogens with zero attached hydrogens (tertiary/aromatic N) is 1. The van der Waals surface area contributed by atoms with E-state index in [1.807, 2.05) is 0 Å². The molecule has 0 aliphatic carbocycles. The van der Waals surface area contributed by atoms with Gasteiger partial charge in [0, 0.05) is 26.3 Å². The van der Waals surface area contributed by atoms with E-state index in [2.05, 4.69) is 23.7 Å². The number of hydrogen-bond donors (Lipinski definition) is 1. The molecule has 0 unspecified atom stereocenters. The standard InChI is InChI=1S/C6H13N2/c1-2-4-8-5-3-7-6-8/h4,7H,2-3,5-6H2,1H3. The van der Waals surface area contributed by atoms with E-state index in [0.29, 0.717) is 0 Å². The highest BCUT2D eigenvalue weighted by atomic mass is 15.3. The molecule has 0 atom stereocenters. The Morgan fingerprint density at radius 2 is 2.62 bits per heavy atom. The maximum Gasteiger partial charge on any atom is 0.0484 e. The Labute approximate surface area is 50.9 Å². The minimum atomic E-state index is 1.05. The van der Waals surface area contributed by atoms with Crippen LogP contribution in [0.5, 0.6) is 0 Å². The molecule has 1 saturated heterocycles. The summed E-state index contributed by atoms with van der Waals surface area (Å²) in [6.07, 6.45) is 1.15. The van der Waals surface area contributed by atoms with Gasteiger partial charge in [0.15, 0.2) is 0 Å². The summed E-state index contributed by atoms with van der Waals surface area (Å²) < 4.78 is 0. The number of rotatable bonds is 2. The molecule has 1 rings (SSSR count). The maximum atomic E-state index is 3.25. The van der Waals surface area contributed by atoms with Crippen molar-refractivity contribution in [3.8, 4) is 0 Å². The molecule has 0 bridgehead atoms. The minimum absolute atomic E-state index is 1.05. The SMILES string of the molecule is CC[CH]N1CCNC1. The van der Waals surface area contributed by atoms with Crippen LogP contribution in [0.1, 0.15) is 13.3 Å². The second-order valence-electron chi connectivity index (χ2n) is 2.06. The summed E-state index contributed by atoms with van der Waals surface area (Å²) >= 11 is 0. The molecule has 8 heavy (non-hydrogen) atoms. The molecular weight excluding hydrogens is 100 g/mol. The summed E-state index contributed by atoms with van der Waals surface area (Å²) in [6.45, 7) is 7.79. The van der Waals surface area contributed by atoms with Gasteiger partial charge in [0.05, 0.1) is 0 Å². The number of hydrogen-bond acceptors (Lipinski definition) is 2. The Kier molecular flexibility index (Phi) is 2.30. The normalized spacial score (nSPS) is 22.1. The first-order valence-corrected chi connectivity index (χ1v) is 3.21. The molecule has 1 N–H and O–H groups in total. The predicted octanol–water partition coefficient (Wildman–Crippen LogP) is 0.421. The van der Waals surface area contributed by atoms with E-state index in [4.69, 9.17) is 0 Å². The summed E-state index contributed by atoms with van der Waals surface area (Å²) in [6, 6.07) is 0. The fourth-order valence-electron chi connectivity index (χ4n) is 0.938. The number of nitrogens with one attached hydrogen (secondary N) is 1. The summed E-state index contributed by atoms with van der Waals surface area (Å²) in [5.74, 6) is 0. The van der Waals surface area contributed by atoms with Crippen LogP contribution in [-0.4, -0.2) is 24.7 Å². The van der Waals surface area contributed by atoms with E-state index in [-0.39, 0.29) is 0 Å². The fraction of sp³-hybridized carbons (Fsp3) is 0.833. The lowest BCUT2D eigenvalue weighted by Crippen LogP contribution is -2.18. The van der Waals surface area contributed by atoms with Crippen LogP contribution in [0.3, 0.4) is 0 Å². The Bertz CT molecular complexity index is 57.5. The zero-order valence-corrected chi connectivity index (χ0v) is 5.35. The third-order valence-corrected chi connectivity index (χ3v) is 1.33. The van der Waals surface area contributed by atoms with Crippen LogP contribution in [0, 0.1) is 6.54 Å². The molecule has 1 heterocycles. The quantitative estimate of drug-likeness (QED) is 0.558. The van der Waals surface area contributed by atoms with Crippen LogP contribution in [0.2, 0.25) is 0 Å². The Morgan fingerprint density at radius 1 is 1.75 bits per heavy atom. The summed E-state index contributed by atoms with van der Waals surface area (Å²) in [7, 11) is 0. The molecule has 0 aromatic carbocycles. The zero-order valence-electron chi connectivity index (χ0n) is 5.35. The van der Waals surface area contributed by atoms with Gasteiger partial charge in [-0.1, -0.05) is 6.92 Å². The third-order valence-electron chi connectivity index (χ3n) is 1.33. The van der Waals surface area contributed by atoms with Crippen molar-refractivity contribution in [3.63, 3.8) is 0 Å². The molecule has 2 heteroatoms. The van der Waals surface area contributed by atoms with Crippen molar-refractivity contribution in [1.29, 1.82) is 0 Å². The van der Waals surface area contributed by atoms with E-state index in [1.165, 1.54) is 6.54 Å². The Morgan fingerprint density at radius 3 is 3.12 bits per heavy atom. The lowest BCUT2D eigenvalue weighted by atomic mass is 10.4. The Hall–Kier alpha value is -0.0800. The van der Waals surface area contributed by atoms with E-state index in [0.717, 1.165) is 19.6 Å². The predicted molar refractivity (Wildman–Crippen MR) is 34.2 cm³/mol. The van der Waals surface area contributed by atoms with E-state index in [1.54, 1.807) is 0 Å². The van der Waals surface area contributed by atoms with Crippen LogP contribution >= 0.6 is 0 Å². The van der Waals surface area contributed by atoms with Crippen molar-refractivity contribution >= 4 is 0 Å². The largest absolute Gasteiger partial charge is 0.303 e. The van der Waals surface area contributed by atoms with E-state index >= 15 is 0 Å². The van der Waals surface area contributed by atoms with Crippen molar-refractivity contribution in [2.75, 3.05) is 19.8 Å². The van der Waals surface area contributed by atoms with E-state index in [9.17, 15) is 0 Å². The van der Waals surface area contributed by atoms with Gasteiger partial charge >= 0.3 is 0 Å². The molecule has 0 spiro atoms. The van der Waals surface area contributed by atoms with Crippen molar-refractivity contribution in [3.05, 3.63) is 6.54 Å². The van der Waals surface area contributed by atoms with Crippen LogP contribution in [0.15, 0.2) is 0 Å². The zero-order chi connectivity index (χ0) is 5.82. The second kappa shape index (κ2) is 3.05. The van der Waals surface area contributed by atoms with Gasteiger partial charge in [-0.2, -0.15) is 0 Å². The first-order valence-electron chi connectivity index (χ1n) is 3.21. The van der Waals surface area contributed by atoms with Gasteiger partial charge in [-0.25, -0.2) is 0 Å². The molecular formula is C6H13N2. The molecule has 1 aliphatic rings. The van der Waals surface area contributed by atoms with Gasteiger partial charge in [-0.15, -0.1) is 0 Å². The van der Waals surface area contributed by atoms with Gasteiger partial charge in [0.25, 0.3) is 0 Å². The van der Waals surface area contributed by atoms with Crippen molar-refractivity contribution in [2.45, 2.75) is 13.3 Å². The Balaban J connectivity index is 2.06. The van der Waals surface area contributed by atoms with Crippen molar-refractivity contribution < 1.29 is 0 Å². The summed E-state index contributed by atoms with van der Waals surface area (Å²) in [4.78, 5) is 2.31. The summed E-state index contributed by atoms with van der Waals surface area (Å²) in [5.41, 5.74) is 0. The molecule has 0 saturated carbocycles. The van der Waals surface area contributed by atoms with Gasteiger partial charge in [-0.05, 0) is 6.42 Å². The third kappa shape index (κ3) is 1.46. The molecule has 0 amide bonds. The topological polar surface area (TPSA) is 15.3 Å². The molecule has 1 radical (unpaired) electrons. The first kappa shape index (κ1) is 6.05. The summed E-state index contributed by atoms with van der Waals surface area (Å²) in [5, 5.41) is 3.25. The second-order valence-corrected chi connectivity index (χ2v) is 2.06. The molecule has 1 fully saturated rings. The minimum Gasteiger partial charge on any atom is -0.303 e. The average molecular weight is 113 g/mol. The lowest BCUT2D eigenvalue weighted by molar-refractivity contribution is 0.399. The first-order chi connectivity index (χ1) is 3.93. The van der Waals surface area contributed by atoms with E-state index < -0.39 is 0 Å². The highest BCUT2D eigenvalue weighted by molar-refractivity contribution is 4.72.